The van der Waals surface area contributed by atoms with Gasteiger partial charge in [-0.3, -0.25) is 14.2 Å². The molecule has 0 aliphatic rings. The molecule has 0 aliphatic carbocycles. The maximum absolute atomic E-state index is 12.4. The van der Waals surface area contributed by atoms with Crippen LogP contribution in [0.25, 0.3) is 11.0 Å². The Hall–Kier alpha value is -3.15. The average Bonchev–Trinajstić information content (AvgIpc) is 2.64. The van der Waals surface area contributed by atoms with Gasteiger partial charge in [-0.1, -0.05) is 30.3 Å². The van der Waals surface area contributed by atoms with Gasteiger partial charge in [0.2, 0.25) is 5.91 Å². The predicted molar refractivity (Wildman–Crippen MR) is 95.6 cm³/mol. The maximum Gasteiger partial charge on any atom is 0.269 e. The number of hydrogen-bond donors (Lipinski definition) is 0. The third-order valence-corrected chi connectivity index (χ3v) is 3.91. The highest BCUT2D eigenvalue weighted by atomic mass is 16.5. The molecule has 0 fully saturated rings. The fraction of sp³-hybridized carbons (Fsp3) is 0.211. The van der Waals surface area contributed by atoms with Crippen LogP contribution in [0, 0.1) is 0 Å². The number of carbonyl (C=O) groups excluding carboxylic acids is 1. The molecule has 0 saturated heterocycles. The van der Waals surface area contributed by atoms with Crippen LogP contribution < -0.4 is 10.3 Å². The zero-order valence-corrected chi connectivity index (χ0v) is 14.0. The van der Waals surface area contributed by atoms with Crippen molar-refractivity contribution in [3.8, 4) is 5.75 Å². The van der Waals surface area contributed by atoms with Gasteiger partial charge in [-0.15, -0.1) is 0 Å². The van der Waals surface area contributed by atoms with Crippen molar-refractivity contribution in [1.29, 1.82) is 0 Å². The molecule has 1 aromatic heterocycles. The van der Waals surface area contributed by atoms with Crippen molar-refractivity contribution in [3.63, 3.8) is 0 Å². The van der Waals surface area contributed by atoms with E-state index < -0.39 is 0 Å². The summed E-state index contributed by atoms with van der Waals surface area (Å²) in [6, 6.07) is 16.7. The van der Waals surface area contributed by atoms with Gasteiger partial charge in [0.05, 0.1) is 23.8 Å². The van der Waals surface area contributed by atoms with E-state index in [-0.39, 0.29) is 18.0 Å². The molecule has 0 saturated carbocycles. The van der Waals surface area contributed by atoms with Crippen LogP contribution in [0.5, 0.6) is 5.75 Å². The molecule has 6 nitrogen and oxygen atoms in total. The van der Waals surface area contributed by atoms with Gasteiger partial charge < -0.3 is 9.64 Å². The Labute approximate surface area is 145 Å². The lowest BCUT2D eigenvalue weighted by Gasteiger charge is -2.18. The topological polar surface area (TPSA) is 64.4 Å². The van der Waals surface area contributed by atoms with Crippen LogP contribution in [0.3, 0.4) is 0 Å². The summed E-state index contributed by atoms with van der Waals surface area (Å²) in [5.74, 6) is 0.606. The molecule has 0 bridgehead atoms. The van der Waals surface area contributed by atoms with E-state index in [0.717, 1.165) is 5.75 Å². The van der Waals surface area contributed by atoms with Crippen LogP contribution in [0.1, 0.15) is 0 Å². The number of rotatable bonds is 6. The van der Waals surface area contributed by atoms with Crippen LogP contribution in [0.4, 0.5) is 0 Å². The second-order valence-corrected chi connectivity index (χ2v) is 5.65. The summed E-state index contributed by atoms with van der Waals surface area (Å²) in [5.41, 5.74) is 1.04. The molecule has 1 heterocycles. The molecule has 3 aromatic rings. The van der Waals surface area contributed by atoms with Crippen molar-refractivity contribution >= 4 is 16.9 Å². The molecule has 1 amide bonds. The molecule has 0 atom stereocenters. The van der Waals surface area contributed by atoms with E-state index in [1.165, 1.54) is 10.8 Å². The summed E-state index contributed by atoms with van der Waals surface area (Å²) in [6.07, 6.45) is 1.24. The van der Waals surface area contributed by atoms with E-state index >= 15 is 0 Å². The maximum atomic E-state index is 12.4. The van der Waals surface area contributed by atoms with E-state index in [0.29, 0.717) is 24.2 Å². The van der Waals surface area contributed by atoms with Crippen molar-refractivity contribution in [2.45, 2.75) is 6.54 Å². The molecule has 0 N–H and O–H groups in total. The first-order valence-corrected chi connectivity index (χ1v) is 8.01. The minimum Gasteiger partial charge on any atom is -0.492 e. The van der Waals surface area contributed by atoms with Crippen LogP contribution in [-0.4, -0.2) is 40.6 Å². The Morgan fingerprint density at radius 2 is 1.84 bits per heavy atom. The number of fused-ring (bicyclic) bond motifs is 1. The van der Waals surface area contributed by atoms with E-state index in [2.05, 4.69) is 4.98 Å². The first-order valence-electron chi connectivity index (χ1n) is 8.01. The van der Waals surface area contributed by atoms with Crippen LogP contribution >= 0.6 is 0 Å². The Kier molecular flexibility index (Phi) is 5.09. The molecule has 0 aliphatic heterocycles. The fourth-order valence-corrected chi connectivity index (χ4v) is 2.48. The van der Waals surface area contributed by atoms with Crippen molar-refractivity contribution in [1.82, 2.24) is 14.5 Å². The van der Waals surface area contributed by atoms with E-state index in [1.54, 1.807) is 18.0 Å². The van der Waals surface area contributed by atoms with Gasteiger partial charge in [0.15, 0.2) is 0 Å². The van der Waals surface area contributed by atoms with E-state index in [4.69, 9.17) is 4.74 Å². The van der Waals surface area contributed by atoms with Gasteiger partial charge in [-0.25, -0.2) is 4.98 Å². The lowest BCUT2D eigenvalue weighted by atomic mass is 10.3. The zero-order chi connectivity index (χ0) is 17.6. The normalized spacial score (nSPS) is 10.6. The van der Waals surface area contributed by atoms with Gasteiger partial charge >= 0.3 is 0 Å². The number of hydrogen-bond acceptors (Lipinski definition) is 4. The van der Waals surface area contributed by atoms with Gasteiger partial charge in [0.1, 0.15) is 18.9 Å². The summed E-state index contributed by atoms with van der Waals surface area (Å²) in [4.78, 5) is 30.2. The van der Waals surface area contributed by atoms with E-state index in [1.807, 2.05) is 48.5 Å². The van der Waals surface area contributed by atoms with Gasteiger partial charge in [0, 0.05) is 7.05 Å². The zero-order valence-electron chi connectivity index (χ0n) is 14.0. The molecule has 0 unspecified atom stereocenters. The Morgan fingerprint density at radius 3 is 2.64 bits per heavy atom. The largest absolute Gasteiger partial charge is 0.492 e. The summed E-state index contributed by atoms with van der Waals surface area (Å²) < 4.78 is 7.04. The van der Waals surface area contributed by atoms with E-state index in [9.17, 15) is 9.59 Å². The standard InChI is InChI=1S/C19H19N3O3/c1-21(11-12-25-15-7-3-2-4-8-15)19(24)14-22-17-10-6-5-9-16(17)20-13-18(22)23/h2-10,13H,11-12,14H2,1H3. The van der Waals surface area contributed by atoms with Gasteiger partial charge in [0.25, 0.3) is 5.56 Å². The Bertz CT molecular complexity index is 922. The third-order valence-electron chi connectivity index (χ3n) is 3.91. The monoisotopic (exact) mass is 337 g/mol. The van der Waals surface area contributed by atoms with Crippen LogP contribution in [0.2, 0.25) is 0 Å². The number of likely N-dealkylation sites (N-methyl/N-ethyl adjacent to an activating group) is 1. The Morgan fingerprint density at radius 1 is 1.12 bits per heavy atom. The number of benzene rings is 2. The summed E-state index contributed by atoms with van der Waals surface area (Å²) in [5, 5.41) is 0. The molecule has 0 spiro atoms. The average molecular weight is 337 g/mol. The van der Waals surface area contributed by atoms with Crippen LogP contribution in [0.15, 0.2) is 65.6 Å². The summed E-state index contributed by atoms with van der Waals surface area (Å²) in [6.45, 7) is 0.799. The smallest absolute Gasteiger partial charge is 0.269 e. The first-order chi connectivity index (χ1) is 12.1. The molecule has 3 rings (SSSR count). The molecule has 2 aromatic carbocycles. The van der Waals surface area contributed by atoms with Crippen molar-refractivity contribution in [3.05, 3.63) is 71.1 Å². The minimum atomic E-state index is -0.291. The van der Waals surface area contributed by atoms with Crippen molar-refractivity contribution in [2.75, 3.05) is 20.2 Å². The molecule has 6 heteroatoms. The minimum absolute atomic E-state index is 0.0241. The van der Waals surface area contributed by atoms with Crippen molar-refractivity contribution < 1.29 is 9.53 Å². The summed E-state index contributed by atoms with van der Waals surface area (Å²) in [7, 11) is 1.70. The van der Waals surface area contributed by atoms with Crippen molar-refractivity contribution in [2.24, 2.45) is 0 Å². The number of amides is 1. The highest BCUT2D eigenvalue weighted by Gasteiger charge is 2.13. The Balaban J connectivity index is 1.64. The molecule has 0 radical (unpaired) electrons. The molecule has 25 heavy (non-hydrogen) atoms. The highest BCUT2D eigenvalue weighted by molar-refractivity contribution is 5.79. The van der Waals surface area contributed by atoms with Gasteiger partial charge in [-0.2, -0.15) is 0 Å². The number of nitrogens with zero attached hydrogens (tertiary/aromatic N) is 3. The SMILES string of the molecule is CN(CCOc1ccccc1)C(=O)Cn1c(=O)cnc2ccccc21. The second-order valence-electron chi connectivity index (χ2n) is 5.65. The quantitative estimate of drug-likeness (QED) is 0.689. The number of ether oxygens (including phenoxy) is 1. The fourth-order valence-electron chi connectivity index (χ4n) is 2.48. The predicted octanol–water partition coefficient (Wildman–Crippen LogP) is 1.93. The molecule has 128 valence electrons. The van der Waals surface area contributed by atoms with Gasteiger partial charge in [-0.05, 0) is 24.3 Å². The lowest BCUT2D eigenvalue weighted by molar-refractivity contribution is -0.130. The molecular formula is C19H19N3O3. The third kappa shape index (κ3) is 4.03. The number of carbonyl (C=O) groups is 1. The number of para-hydroxylation sites is 3. The van der Waals surface area contributed by atoms with Crippen LogP contribution in [-0.2, 0) is 11.3 Å². The number of aromatic nitrogens is 2. The summed E-state index contributed by atoms with van der Waals surface area (Å²) >= 11 is 0. The highest BCUT2D eigenvalue weighted by Crippen LogP contribution is 2.09. The first kappa shape index (κ1) is 16.7. The molecular weight excluding hydrogens is 318 g/mol. The lowest BCUT2D eigenvalue weighted by Crippen LogP contribution is -2.36. The second kappa shape index (κ2) is 7.61.